The summed E-state index contributed by atoms with van der Waals surface area (Å²) in [6.45, 7) is 4.94. The summed E-state index contributed by atoms with van der Waals surface area (Å²) in [5.74, 6) is 0.865. The van der Waals surface area contributed by atoms with Crippen LogP contribution in [0.1, 0.15) is 19.2 Å². The van der Waals surface area contributed by atoms with E-state index in [4.69, 9.17) is 0 Å². The molecule has 2 rings (SSSR count). The highest BCUT2D eigenvalue weighted by Crippen LogP contribution is 2.19. The largest absolute Gasteiger partial charge is 0.346 e. The van der Waals surface area contributed by atoms with Crippen molar-refractivity contribution in [3.63, 3.8) is 0 Å². The molecule has 1 aromatic rings. The zero-order chi connectivity index (χ0) is 13.0. The summed E-state index contributed by atoms with van der Waals surface area (Å²) >= 11 is 1.40. The molecule has 0 amide bonds. The number of alkyl halides is 2. The number of halogens is 2. The fourth-order valence-electron chi connectivity index (χ4n) is 2.06. The van der Waals surface area contributed by atoms with Gasteiger partial charge in [-0.25, -0.2) is 13.8 Å². The minimum atomic E-state index is -2.25. The van der Waals surface area contributed by atoms with Gasteiger partial charge in [-0.15, -0.1) is 0 Å². The Morgan fingerprint density at radius 3 is 2.78 bits per heavy atom. The molecular weight excluding hydrogens is 258 g/mol. The summed E-state index contributed by atoms with van der Waals surface area (Å²) in [4.78, 5) is 8.43. The molecule has 0 radical (unpaired) electrons. The summed E-state index contributed by atoms with van der Waals surface area (Å²) < 4.78 is 29.0. The molecule has 0 N–H and O–H groups in total. The highest BCUT2D eigenvalue weighted by atomic mass is 32.1. The van der Waals surface area contributed by atoms with Gasteiger partial charge in [-0.1, -0.05) is 6.92 Å². The molecule has 0 aromatic carbocycles. The molecule has 0 aliphatic carbocycles. The lowest BCUT2D eigenvalue weighted by atomic mass is 10.4. The van der Waals surface area contributed by atoms with E-state index >= 15 is 0 Å². The Hall–Kier alpha value is -0.820. The summed E-state index contributed by atoms with van der Waals surface area (Å²) in [7, 11) is 0. The number of rotatable bonds is 4. The van der Waals surface area contributed by atoms with Gasteiger partial charge in [0.05, 0.1) is 6.54 Å². The smallest absolute Gasteiger partial charge is 0.251 e. The SMILES string of the molecule is CCc1nsc(N2CCCN(CC(F)F)CC2)n1. The number of hydrogen-bond acceptors (Lipinski definition) is 5. The number of nitrogens with zero attached hydrogens (tertiary/aromatic N) is 4. The third kappa shape index (κ3) is 3.58. The molecule has 2 heterocycles. The number of hydrogen-bond donors (Lipinski definition) is 0. The Morgan fingerprint density at radius 1 is 1.28 bits per heavy atom. The molecule has 1 saturated heterocycles. The first-order valence-electron chi connectivity index (χ1n) is 6.27. The van der Waals surface area contributed by atoms with Crippen molar-refractivity contribution in [2.45, 2.75) is 26.2 Å². The maximum absolute atomic E-state index is 12.3. The topological polar surface area (TPSA) is 32.3 Å². The van der Waals surface area contributed by atoms with Gasteiger partial charge in [0.25, 0.3) is 6.43 Å². The Balaban J connectivity index is 1.92. The van der Waals surface area contributed by atoms with Crippen LogP contribution in [0.5, 0.6) is 0 Å². The molecule has 0 spiro atoms. The third-order valence-electron chi connectivity index (χ3n) is 3.03. The van der Waals surface area contributed by atoms with Crippen molar-refractivity contribution in [2.24, 2.45) is 0 Å². The van der Waals surface area contributed by atoms with Crippen LogP contribution >= 0.6 is 11.5 Å². The summed E-state index contributed by atoms with van der Waals surface area (Å²) in [6.07, 6.45) is -0.514. The van der Waals surface area contributed by atoms with Crippen LogP contribution in [0.4, 0.5) is 13.9 Å². The normalized spacial score (nSPS) is 18.3. The van der Waals surface area contributed by atoms with Gasteiger partial charge in [-0.2, -0.15) is 4.37 Å². The average Bonchev–Trinajstić information content (AvgIpc) is 2.70. The Kier molecular flexibility index (Phi) is 4.82. The number of anilines is 1. The lowest BCUT2D eigenvalue weighted by Gasteiger charge is -2.20. The molecule has 4 nitrogen and oxygen atoms in total. The summed E-state index contributed by atoms with van der Waals surface area (Å²) in [5.41, 5.74) is 0. The quantitative estimate of drug-likeness (QED) is 0.840. The van der Waals surface area contributed by atoms with Crippen molar-refractivity contribution >= 4 is 16.7 Å². The van der Waals surface area contributed by atoms with Gasteiger partial charge in [0.1, 0.15) is 5.82 Å². The van der Waals surface area contributed by atoms with E-state index in [0.717, 1.165) is 43.4 Å². The zero-order valence-corrected chi connectivity index (χ0v) is 11.3. The van der Waals surface area contributed by atoms with Crippen LogP contribution in [-0.2, 0) is 6.42 Å². The van der Waals surface area contributed by atoms with Crippen molar-refractivity contribution in [1.82, 2.24) is 14.3 Å². The van der Waals surface area contributed by atoms with Crippen LogP contribution in [0, 0.1) is 0 Å². The third-order valence-corrected chi connectivity index (χ3v) is 3.84. The van der Waals surface area contributed by atoms with Crippen LogP contribution in [0.15, 0.2) is 0 Å². The standard InChI is InChI=1S/C11H18F2N4S/c1-2-10-14-11(18-15-10)17-5-3-4-16(6-7-17)8-9(12)13/h9H,2-8H2,1H3. The molecule has 1 aliphatic heterocycles. The van der Waals surface area contributed by atoms with Crippen molar-refractivity contribution < 1.29 is 8.78 Å². The molecule has 1 fully saturated rings. The van der Waals surface area contributed by atoms with Gasteiger partial charge < -0.3 is 4.90 Å². The van der Waals surface area contributed by atoms with Gasteiger partial charge in [0.2, 0.25) is 5.13 Å². The first-order valence-corrected chi connectivity index (χ1v) is 7.04. The second-order valence-corrected chi connectivity index (χ2v) is 5.11. The van der Waals surface area contributed by atoms with E-state index < -0.39 is 6.43 Å². The molecule has 7 heteroatoms. The lowest BCUT2D eigenvalue weighted by Crippen LogP contribution is -2.33. The predicted molar refractivity (Wildman–Crippen MR) is 68.6 cm³/mol. The molecule has 102 valence electrons. The van der Waals surface area contributed by atoms with E-state index in [9.17, 15) is 8.78 Å². The van der Waals surface area contributed by atoms with Gasteiger partial charge in [-0.05, 0) is 6.42 Å². The first-order chi connectivity index (χ1) is 8.69. The van der Waals surface area contributed by atoms with E-state index in [0.29, 0.717) is 6.54 Å². The predicted octanol–water partition coefficient (Wildman–Crippen LogP) is 1.88. The lowest BCUT2D eigenvalue weighted by molar-refractivity contribution is 0.0917. The molecular formula is C11H18F2N4S. The van der Waals surface area contributed by atoms with Crippen molar-refractivity contribution in [3.05, 3.63) is 5.82 Å². The Morgan fingerprint density at radius 2 is 2.11 bits per heavy atom. The summed E-state index contributed by atoms with van der Waals surface area (Å²) in [5, 5.41) is 0.922. The van der Waals surface area contributed by atoms with E-state index in [-0.39, 0.29) is 6.54 Å². The second kappa shape index (κ2) is 6.38. The fraction of sp³-hybridized carbons (Fsp3) is 0.818. The second-order valence-electron chi connectivity index (χ2n) is 4.38. The highest BCUT2D eigenvalue weighted by Gasteiger charge is 2.19. The van der Waals surface area contributed by atoms with Crippen molar-refractivity contribution in [2.75, 3.05) is 37.6 Å². The van der Waals surface area contributed by atoms with Crippen molar-refractivity contribution in [3.8, 4) is 0 Å². The highest BCUT2D eigenvalue weighted by molar-refractivity contribution is 7.09. The van der Waals surface area contributed by atoms with Gasteiger partial charge in [0.15, 0.2) is 0 Å². The van der Waals surface area contributed by atoms with E-state index in [1.807, 2.05) is 11.8 Å². The maximum Gasteiger partial charge on any atom is 0.251 e. The molecule has 1 aromatic heterocycles. The molecule has 0 saturated carbocycles. The van der Waals surface area contributed by atoms with Crippen molar-refractivity contribution in [1.29, 1.82) is 0 Å². The van der Waals surface area contributed by atoms with Crippen LogP contribution in [-0.4, -0.2) is 53.4 Å². The minimum absolute atomic E-state index is 0.121. The maximum atomic E-state index is 12.3. The molecule has 1 aliphatic rings. The molecule has 0 bridgehead atoms. The first kappa shape index (κ1) is 13.6. The molecule has 0 atom stereocenters. The number of aryl methyl sites for hydroxylation is 1. The van der Waals surface area contributed by atoms with Gasteiger partial charge in [0, 0.05) is 44.1 Å². The van der Waals surface area contributed by atoms with Crippen LogP contribution in [0.2, 0.25) is 0 Å². The molecule has 0 unspecified atom stereocenters. The Bertz CT molecular complexity index is 372. The van der Waals surface area contributed by atoms with E-state index in [1.165, 1.54) is 11.5 Å². The number of aromatic nitrogens is 2. The summed E-state index contributed by atoms with van der Waals surface area (Å²) in [6, 6.07) is 0. The average molecular weight is 276 g/mol. The molecule has 18 heavy (non-hydrogen) atoms. The van der Waals surface area contributed by atoms with E-state index in [2.05, 4.69) is 14.3 Å². The van der Waals surface area contributed by atoms with Gasteiger partial charge in [-0.3, -0.25) is 4.90 Å². The van der Waals surface area contributed by atoms with Crippen LogP contribution in [0.25, 0.3) is 0 Å². The van der Waals surface area contributed by atoms with Crippen LogP contribution < -0.4 is 4.90 Å². The van der Waals surface area contributed by atoms with Crippen LogP contribution in [0.3, 0.4) is 0 Å². The van der Waals surface area contributed by atoms with Gasteiger partial charge >= 0.3 is 0 Å². The monoisotopic (exact) mass is 276 g/mol. The minimum Gasteiger partial charge on any atom is -0.346 e. The zero-order valence-electron chi connectivity index (χ0n) is 10.5. The Labute approximate surface area is 110 Å². The van der Waals surface area contributed by atoms with E-state index in [1.54, 1.807) is 0 Å². The fourth-order valence-corrected chi connectivity index (χ4v) is 2.86.